The predicted molar refractivity (Wildman–Crippen MR) is 123 cm³/mol. The minimum atomic E-state index is -3.46. The van der Waals surface area contributed by atoms with Crippen LogP contribution in [0.2, 0.25) is 5.02 Å². The van der Waals surface area contributed by atoms with E-state index in [-0.39, 0.29) is 4.90 Å². The van der Waals surface area contributed by atoms with Gasteiger partial charge in [-0.1, -0.05) is 29.8 Å². The van der Waals surface area contributed by atoms with Gasteiger partial charge in [-0.05, 0) is 49.9 Å². The number of sulfonamides is 1. The number of aliphatic imine (C=N–C) groups is 1. The zero-order valence-electron chi connectivity index (χ0n) is 17.3. The van der Waals surface area contributed by atoms with Gasteiger partial charge in [0.25, 0.3) is 0 Å². The number of nitrogens with one attached hydrogen (secondary N) is 2. The quantitative estimate of drug-likeness (QED) is 0.523. The maximum Gasteiger partial charge on any atom is 0.240 e. The molecule has 1 aliphatic rings. The lowest BCUT2D eigenvalue weighted by atomic mass is 10.2. The molecule has 1 heterocycles. The van der Waals surface area contributed by atoms with Gasteiger partial charge in [-0.15, -0.1) is 0 Å². The van der Waals surface area contributed by atoms with Crippen LogP contribution < -0.4 is 14.9 Å². The summed E-state index contributed by atoms with van der Waals surface area (Å²) in [7, 11) is -2.06. The molecule has 1 saturated heterocycles. The van der Waals surface area contributed by atoms with E-state index < -0.39 is 10.0 Å². The van der Waals surface area contributed by atoms with Crippen molar-refractivity contribution >= 4 is 33.3 Å². The van der Waals surface area contributed by atoms with Crippen LogP contribution in [0.4, 0.5) is 5.69 Å². The van der Waals surface area contributed by atoms with E-state index >= 15 is 0 Å². The van der Waals surface area contributed by atoms with Crippen LogP contribution in [-0.4, -0.2) is 59.0 Å². The Balaban J connectivity index is 1.68. The number of benzene rings is 2. The highest BCUT2D eigenvalue weighted by atomic mass is 35.5. The Labute approximate surface area is 183 Å². The normalized spacial score (nSPS) is 15.4. The fourth-order valence-electron chi connectivity index (χ4n) is 3.37. The van der Waals surface area contributed by atoms with Crippen LogP contribution >= 0.6 is 11.6 Å². The smallest absolute Gasteiger partial charge is 0.240 e. The van der Waals surface area contributed by atoms with Crippen LogP contribution in [0.5, 0.6) is 0 Å². The standard InChI is InChI=1S/C21H28ClN5O2S/c1-3-24-21(25-16-17-6-4-9-20(14-17)30(28,29)23-2)27-12-10-26(11-13-27)19-8-5-7-18(22)15-19/h4-9,14-15,23H,3,10-13,16H2,1-2H3,(H,24,25). The van der Waals surface area contributed by atoms with Crippen LogP contribution in [-0.2, 0) is 16.6 Å². The third-order valence-electron chi connectivity index (χ3n) is 4.98. The van der Waals surface area contributed by atoms with Crippen LogP contribution in [0.25, 0.3) is 0 Å². The highest BCUT2D eigenvalue weighted by molar-refractivity contribution is 7.89. The van der Waals surface area contributed by atoms with Gasteiger partial charge in [-0.3, -0.25) is 0 Å². The summed E-state index contributed by atoms with van der Waals surface area (Å²) < 4.78 is 26.4. The summed E-state index contributed by atoms with van der Waals surface area (Å²) in [5.41, 5.74) is 1.98. The van der Waals surface area contributed by atoms with E-state index in [1.807, 2.05) is 31.2 Å². The predicted octanol–water partition coefficient (Wildman–Crippen LogP) is 2.54. The molecule has 0 amide bonds. The van der Waals surface area contributed by atoms with E-state index in [2.05, 4.69) is 25.9 Å². The van der Waals surface area contributed by atoms with Crippen LogP contribution in [0.3, 0.4) is 0 Å². The second-order valence-corrected chi connectivity index (χ2v) is 9.30. The van der Waals surface area contributed by atoms with E-state index in [1.165, 1.54) is 7.05 Å². The van der Waals surface area contributed by atoms with Crippen molar-refractivity contribution < 1.29 is 8.42 Å². The second kappa shape index (κ2) is 10.1. The SMILES string of the molecule is CCNC(=NCc1cccc(S(=O)(=O)NC)c1)N1CCN(c2cccc(Cl)c2)CC1. The van der Waals surface area contributed by atoms with Crippen LogP contribution in [0.1, 0.15) is 12.5 Å². The Morgan fingerprint density at radius 2 is 1.83 bits per heavy atom. The van der Waals surface area contributed by atoms with Gasteiger partial charge in [0.15, 0.2) is 5.96 Å². The summed E-state index contributed by atoms with van der Waals surface area (Å²) in [4.78, 5) is 9.55. The summed E-state index contributed by atoms with van der Waals surface area (Å²) in [6.45, 7) is 6.64. The highest BCUT2D eigenvalue weighted by Crippen LogP contribution is 2.21. The molecule has 1 fully saturated rings. The van der Waals surface area contributed by atoms with Crippen molar-refractivity contribution in [3.63, 3.8) is 0 Å². The average molecular weight is 450 g/mol. The summed E-state index contributed by atoms with van der Waals surface area (Å²) in [5, 5.41) is 4.09. The van der Waals surface area contributed by atoms with Crippen molar-refractivity contribution in [3.05, 3.63) is 59.1 Å². The fraction of sp³-hybridized carbons (Fsp3) is 0.381. The number of anilines is 1. The molecule has 0 saturated carbocycles. The summed E-state index contributed by atoms with van der Waals surface area (Å²) in [5.74, 6) is 0.838. The average Bonchev–Trinajstić information content (AvgIpc) is 2.77. The van der Waals surface area contributed by atoms with Gasteiger partial charge in [0.05, 0.1) is 11.4 Å². The molecule has 30 heavy (non-hydrogen) atoms. The summed E-state index contributed by atoms with van der Waals surface area (Å²) >= 11 is 6.12. The van der Waals surface area contributed by atoms with Gasteiger partial charge in [0.2, 0.25) is 10.0 Å². The molecule has 2 aromatic rings. The van der Waals surface area contributed by atoms with Crippen LogP contribution in [0, 0.1) is 0 Å². The zero-order valence-corrected chi connectivity index (χ0v) is 18.9. The fourth-order valence-corrected chi connectivity index (χ4v) is 4.35. The first-order valence-electron chi connectivity index (χ1n) is 9.99. The van der Waals surface area contributed by atoms with E-state index in [0.717, 1.165) is 55.0 Å². The number of hydrogen-bond donors (Lipinski definition) is 2. The van der Waals surface area contributed by atoms with E-state index in [9.17, 15) is 8.42 Å². The zero-order chi connectivity index (χ0) is 21.6. The molecule has 0 bridgehead atoms. The molecule has 0 radical (unpaired) electrons. The van der Waals surface area contributed by atoms with Gasteiger partial charge >= 0.3 is 0 Å². The maximum atomic E-state index is 12.0. The molecule has 0 atom stereocenters. The molecule has 0 aromatic heterocycles. The Kier molecular flexibility index (Phi) is 7.58. The van der Waals surface area contributed by atoms with Crippen molar-refractivity contribution in [2.24, 2.45) is 4.99 Å². The van der Waals surface area contributed by atoms with E-state index in [1.54, 1.807) is 18.2 Å². The van der Waals surface area contributed by atoms with Crippen molar-refractivity contribution in [1.29, 1.82) is 0 Å². The van der Waals surface area contributed by atoms with Gasteiger partial charge in [-0.25, -0.2) is 18.1 Å². The molecule has 7 nitrogen and oxygen atoms in total. The third-order valence-corrected chi connectivity index (χ3v) is 6.62. The summed E-state index contributed by atoms with van der Waals surface area (Å²) in [6.07, 6.45) is 0. The van der Waals surface area contributed by atoms with Gasteiger partial charge in [0.1, 0.15) is 0 Å². The number of rotatable bonds is 6. The lowest BCUT2D eigenvalue weighted by Gasteiger charge is -2.37. The summed E-state index contributed by atoms with van der Waals surface area (Å²) in [6, 6.07) is 14.8. The molecule has 162 valence electrons. The Morgan fingerprint density at radius 3 is 2.50 bits per heavy atom. The molecule has 0 spiro atoms. The topological polar surface area (TPSA) is 77.0 Å². The molecule has 9 heteroatoms. The van der Waals surface area contributed by atoms with Crippen molar-refractivity contribution in [2.75, 3.05) is 44.7 Å². The Hall–Kier alpha value is -2.29. The second-order valence-electron chi connectivity index (χ2n) is 6.98. The maximum absolute atomic E-state index is 12.0. The van der Waals surface area contributed by atoms with Gasteiger partial charge < -0.3 is 15.1 Å². The minimum Gasteiger partial charge on any atom is -0.368 e. The lowest BCUT2D eigenvalue weighted by molar-refractivity contribution is 0.372. The molecule has 1 aliphatic heterocycles. The van der Waals surface area contributed by atoms with Crippen molar-refractivity contribution in [3.8, 4) is 0 Å². The first-order valence-corrected chi connectivity index (χ1v) is 11.9. The lowest BCUT2D eigenvalue weighted by Crippen LogP contribution is -2.52. The number of guanidine groups is 1. The molecule has 0 unspecified atom stereocenters. The number of piperazine rings is 1. The molecule has 2 aromatic carbocycles. The number of nitrogens with zero attached hydrogens (tertiary/aromatic N) is 3. The Bertz CT molecular complexity index is 988. The minimum absolute atomic E-state index is 0.248. The van der Waals surface area contributed by atoms with E-state index in [4.69, 9.17) is 16.6 Å². The third kappa shape index (κ3) is 5.65. The largest absolute Gasteiger partial charge is 0.368 e. The first-order chi connectivity index (χ1) is 14.4. The van der Waals surface area contributed by atoms with Crippen molar-refractivity contribution in [1.82, 2.24) is 14.9 Å². The van der Waals surface area contributed by atoms with E-state index in [0.29, 0.717) is 6.54 Å². The van der Waals surface area contributed by atoms with Crippen LogP contribution in [0.15, 0.2) is 58.4 Å². The van der Waals surface area contributed by atoms with Gasteiger partial charge in [0, 0.05) is 43.4 Å². The molecule has 2 N–H and O–H groups in total. The molecular weight excluding hydrogens is 422 g/mol. The molecular formula is C21H28ClN5O2S. The number of hydrogen-bond acceptors (Lipinski definition) is 4. The van der Waals surface area contributed by atoms with Crippen molar-refractivity contribution in [2.45, 2.75) is 18.4 Å². The highest BCUT2D eigenvalue weighted by Gasteiger charge is 2.20. The molecule has 3 rings (SSSR count). The van der Waals surface area contributed by atoms with Gasteiger partial charge in [-0.2, -0.15) is 0 Å². The monoisotopic (exact) mass is 449 g/mol. The first kappa shape index (κ1) is 22.4. The molecule has 0 aliphatic carbocycles. The number of halogens is 1. The Morgan fingerprint density at radius 1 is 1.10 bits per heavy atom.